The van der Waals surface area contributed by atoms with Crippen LogP contribution in [0, 0.1) is 13.8 Å². The molecule has 4 aromatic heterocycles. The molecule has 2 amide bonds. The number of benzene rings is 4. The smallest absolute Gasteiger partial charge is 1.00 e. The molecule has 10 rings (SSSR count). The molecule has 2 fully saturated rings. The van der Waals surface area contributed by atoms with Gasteiger partial charge in [-0.15, -0.1) is 0 Å². The first-order valence-corrected chi connectivity index (χ1v) is 27.6. The summed E-state index contributed by atoms with van der Waals surface area (Å²) in [5.41, 5.74) is 12.7. The average Bonchev–Trinajstić information content (AvgIpc) is 3.59. The number of hydrogen-bond donors (Lipinski definition) is 4. The van der Waals surface area contributed by atoms with Crippen LogP contribution in [-0.4, -0.2) is 151 Å². The summed E-state index contributed by atoms with van der Waals surface area (Å²) in [6, 6.07) is 34.8. The SMILES string of the molecule is Cc1ccc(NC(=O)c2ccc(CN3CCN(C)CC3)cc2)cc1Cc1nccc(-c2cncc(B(O)O)c2)n1.Cc1ccc(NC(=O)c2ccc(CN3CCN(C)CC3)cc2)cc1Cc1nccc(-c2cncc(Br)c2)n1.O=CO[O-].[H-].[Na+].[Na+]. The molecule has 23 heteroatoms. The number of likely N-dealkylation sites (N-methyl/N-ethyl adjacent to an activating group) is 2. The fraction of sp³-hybridized carbons (Fsp3) is 0.262. The van der Waals surface area contributed by atoms with Crippen molar-refractivity contribution in [2.24, 2.45) is 0 Å². The summed E-state index contributed by atoms with van der Waals surface area (Å²) >= 11 is 3.47. The Balaban J connectivity index is 0.000000283. The average molecular weight is 1220 g/mol. The van der Waals surface area contributed by atoms with Gasteiger partial charge in [-0.1, -0.05) is 36.4 Å². The van der Waals surface area contributed by atoms with Crippen LogP contribution in [0.3, 0.4) is 0 Å². The number of aryl methyl sites for hydroxylation is 2. The third-order valence-electron chi connectivity index (χ3n) is 14.2. The van der Waals surface area contributed by atoms with E-state index in [-0.39, 0.29) is 78.8 Å². The van der Waals surface area contributed by atoms with Gasteiger partial charge in [-0.25, -0.2) is 19.9 Å². The molecule has 0 atom stereocenters. The Kier molecular flexibility index (Phi) is 26.9. The maximum Gasteiger partial charge on any atom is 1.00 e. The summed E-state index contributed by atoms with van der Waals surface area (Å²) in [7, 11) is 2.71. The van der Waals surface area contributed by atoms with Crippen LogP contribution >= 0.6 is 15.9 Å². The standard InChI is InChI=1S/C30H33BN6O3.C30H31BrN6O.CH2O3.2Na.H/c1-21-3-8-27(34-30(38)23-6-4-22(5-7-23)20-37-13-11-36(2)12-14-37)16-24(21)17-29-33-10-9-28(35-29)25-15-26(31(39)40)19-32-18-25;1-21-3-8-27(16-24(21)17-29-33-10-9-28(35-29)25-15-26(31)19-32-18-25)34-30(38)23-6-4-22(5-7-23)20-37-13-11-36(2)12-14-37;2-1-4-3;;;/h3-10,15-16,18-19,39-40H,11-14,17,20H2,1-2H3,(H,34,38);3-10,15-16,18-19H,11-14,17,20H2,1-2H3,(H,34,38);1,3H;;;/q;;;2*+1;-1/p-1. The topological polar surface area (TPSA) is 238 Å². The van der Waals surface area contributed by atoms with Crippen LogP contribution in [0.15, 0.2) is 151 Å². The van der Waals surface area contributed by atoms with Crippen molar-refractivity contribution in [1.29, 1.82) is 0 Å². The number of halogens is 1. The molecule has 6 heterocycles. The fourth-order valence-electron chi connectivity index (χ4n) is 9.26. The first-order valence-electron chi connectivity index (χ1n) is 26.8. The maximum atomic E-state index is 13.0. The van der Waals surface area contributed by atoms with Crippen molar-refractivity contribution in [1.82, 2.24) is 49.5 Å². The molecule has 2 saturated heterocycles. The van der Waals surface area contributed by atoms with E-state index >= 15 is 0 Å². The molecule has 0 radical (unpaired) electrons. The van der Waals surface area contributed by atoms with E-state index in [0.717, 1.165) is 109 Å². The third kappa shape index (κ3) is 20.3. The van der Waals surface area contributed by atoms with Gasteiger partial charge in [0.2, 0.25) is 0 Å². The van der Waals surface area contributed by atoms with Gasteiger partial charge < -0.3 is 42.1 Å². The Bertz CT molecular complexity index is 3440. The number of pyridine rings is 2. The second kappa shape index (κ2) is 33.6. The molecule has 0 unspecified atom stereocenters. The molecule has 0 saturated carbocycles. The Morgan fingerprint density at radius 2 is 1.04 bits per heavy atom. The first-order chi connectivity index (χ1) is 39.7. The van der Waals surface area contributed by atoms with Crippen molar-refractivity contribution in [3.8, 4) is 22.5 Å². The number of amides is 2. The summed E-state index contributed by atoms with van der Waals surface area (Å²) in [5.74, 6) is 1.05. The molecule has 0 bridgehead atoms. The number of anilines is 2. The van der Waals surface area contributed by atoms with Gasteiger partial charge in [-0.05, 0) is 150 Å². The van der Waals surface area contributed by atoms with Crippen molar-refractivity contribution >= 4 is 58.2 Å². The zero-order valence-electron chi connectivity index (χ0n) is 49.3. The Labute approximate surface area is 544 Å². The first kappa shape index (κ1) is 67.1. The zero-order chi connectivity index (χ0) is 58.0. The van der Waals surface area contributed by atoms with Crippen LogP contribution in [0.5, 0.6) is 0 Å². The predicted molar refractivity (Wildman–Crippen MR) is 319 cm³/mol. The molecular weight excluding hydrogens is 1150 g/mol. The van der Waals surface area contributed by atoms with Gasteiger partial charge in [0.15, 0.2) is 0 Å². The van der Waals surface area contributed by atoms with Crippen molar-refractivity contribution in [3.63, 3.8) is 0 Å². The number of carbonyl (C=O) groups is 3. The normalized spacial score (nSPS) is 13.5. The number of rotatable bonds is 16. The quantitative estimate of drug-likeness (QED) is 0.0427. The second-order valence-electron chi connectivity index (χ2n) is 20.3. The number of carbonyl (C=O) groups excluding carboxylic acids is 3. The van der Waals surface area contributed by atoms with Crippen molar-refractivity contribution in [2.75, 3.05) is 77.1 Å². The predicted octanol–water partition coefficient (Wildman–Crippen LogP) is -0.127. The number of aromatic nitrogens is 6. The molecule has 424 valence electrons. The van der Waals surface area contributed by atoms with Crippen LogP contribution in [0.4, 0.5) is 11.4 Å². The Hall–Kier alpha value is -5.99. The Morgan fingerprint density at radius 1 is 0.619 bits per heavy atom. The molecule has 84 heavy (non-hydrogen) atoms. The summed E-state index contributed by atoms with van der Waals surface area (Å²) in [6.45, 7) is 14.3. The fourth-order valence-corrected chi connectivity index (χ4v) is 9.62. The van der Waals surface area contributed by atoms with Crippen molar-refractivity contribution in [3.05, 3.63) is 207 Å². The molecule has 4 N–H and O–H groups in total. The van der Waals surface area contributed by atoms with E-state index in [0.29, 0.717) is 58.0 Å². The van der Waals surface area contributed by atoms with Gasteiger partial charge in [-0.3, -0.25) is 34.2 Å². The van der Waals surface area contributed by atoms with E-state index in [9.17, 15) is 19.6 Å². The van der Waals surface area contributed by atoms with Gasteiger partial charge in [0.1, 0.15) is 11.6 Å². The largest absolute Gasteiger partial charge is 1.00 e. The second-order valence-corrected chi connectivity index (χ2v) is 21.2. The molecule has 0 aliphatic carbocycles. The van der Waals surface area contributed by atoms with E-state index < -0.39 is 7.12 Å². The molecule has 4 aromatic carbocycles. The van der Waals surface area contributed by atoms with Crippen LogP contribution in [0.1, 0.15) is 67.2 Å². The van der Waals surface area contributed by atoms with Crippen LogP contribution in [-0.2, 0) is 35.6 Å². The van der Waals surface area contributed by atoms with E-state index in [1.54, 1.807) is 43.1 Å². The van der Waals surface area contributed by atoms with E-state index in [2.05, 4.69) is 109 Å². The molecular formula is C61H66BBrN12Na2O7. The summed E-state index contributed by atoms with van der Waals surface area (Å²) in [4.78, 5) is 73.4. The summed E-state index contributed by atoms with van der Waals surface area (Å²) in [5, 5.41) is 33.4. The zero-order valence-corrected chi connectivity index (χ0v) is 53.9. The van der Waals surface area contributed by atoms with Gasteiger partial charge in [-0.2, -0.15) is 0 Å². The van der Waals surface area contributed by atoms with E-state index in [1.165, 1.54) is 17.3 Å². The molecule has 2 aliphatic rings. The van der Waals surface area contributed by atoms with Gasteiger partial charge in [0.25, 0.3) is 18.3 Å². The maximum absolute atomic E-state index is 13.0. The minimum absolute atomic E-state index is 0. The monoisotopic (exact) mass is 1210 g/mol. The summed E-state index contributed by atoms with van der Waals surface area (Å²) < 4.78 is 0.902. The molecule has 2 aliphatic heterocycles. The molecule has 19 nitrogen and oxygen atoms in total. The van der Waals surface area contributed by atoms with Crippen LogP contribution in [0.25, 0.3) is 22.5 Å². The Morgan fingerprint density at radius 3 is 1.44 bits per heavy atom. The van der Waals surface area contributed by atoms with E-state index in [1.807, 2.05) is 91.9 Å². The molecule has 0 spiro atoms. The third-order valence-corrected chi connectivity index (χ3v) is 14.6. The number of nitrogens with zero attached hydrogens (tertiary/aromatic N) is 10. The number of nitrogens with one attached hydrogen (secondary N) is 2. The minimum atomic E-state index is -1.60. The van der Waals surface area contributed by atoms with Crippen LogP contribution < -0.4 is 80.5 Å². The van der Waals surface area contributed by atoms with E-state index in [4.69, 9.17) is 15.0 Å². The van der Waals surface area contributed by atoms with Gasteiger partial charge >= 0.3 is 66.2 Å². The van der Waals surface area contributed by atoms with Gasteiger partial charge in [0.05, 0.1) is 11.4 Å². The van der Waals surface area contributed by atoms with Crippen LogP contribution in [0.2, 0.25) is 0 Å². The summed E-state index contributed by atoms with van der Waals surface area (Å²) in [6.07, 6.45) is 11.0. The number of hydrogen-bond acceptors (Lipinski definition) is 17. The number of piperazine rings is 2. The van der Waals surface area contributed by atoms with Crippen molar-refractivity contribution in [2.45, 2.75) is 39.8 Å². The minimum Gasteiger partial charge on any atom is -1.00 e. The van der Waals surface area contributed by atoms with Crippen molar-refractivity contribution < 1.29 is 95.1 Å². The molecule has 8 aromatic rings. The van der Waals surface area contributed by atoms with Gasteiger partial charge in [0, 0.05) is 159 Å².